The Hall–Kier alpha value is -2.22. The highest BCUT2D eigenvalue weighted by molar-refractivity contribution is 5.88. The lowest BCUT2D eigenvalue weighted by molar-refractivity contribution is -0.136. The number of amides is 2. The van der Waals surface area contributed by atoms with Crippen LogP contribution >= 0.6 is 0 Å². The van der Waals surface area contributed by atoms with Crippen molar-refractivity contribution in [1.29, 1.82) is 0 Å². The molecule has 2 aliphatic rings. The Morgan fingerprint density at radius 2 is 2.26 bits per heavy atom. The Kier molecular flexibility index (Phi) is 4.42. The van der Waals surface area contributed by atoms with Crippen molar-refractivity contribution in [2.45, 2.75) is 25.8 Å². The molecule has 3 heterocycles. The summed E-state index contributed by atoms with van der Waals surface area (Å²) in [6.45, 7) is 3.41. The minimum absolute atomic E-state index is 0.0492. The van der Waals surface area contributed by atoms with E-state index in [-0.39, 0.29) is 18.6 Å². The summed E-state index contributed by atoms with van der Waals surface area (Å²) < 4.78 is 9.90. The van der Waals surface area contributed by atoms with Crippen LogP contribution in [0.4, 0.5) is 10.6 Å². The van der Waals surface area contributed by atoms with E-state index < -0.39 is 6.09 Å². The predicted molar refractivity (Wildman–Crippen MR) is 81.0 cm³/mol. The average molecular weight is 320 g/mol. The molecule has 23 heavy (non-hydrogen) atoms. The Morgan fingerprint density at radius 1 is 1.43 bits per heavy atom. The Balaban J connectivity index is 1.88. The summed E-state index contributed by atoms with van der Waals surface area (Å²) in [7, 11) is 1.50. The van der Waals surface area contributed by atoms with Gasteiger partial charge in [0.15, 0.2) is 5.82 Å². The molecule has 0 radical (unpaired) electrons. The number of likely N-dealkylation sites (tertiary alicyclic amines) is 1. The zero-order chi connectivity index (χ0) is 16.4. The highest BCUT2D eigenvalue weighted by atomic mass is 16.6. The van der Waals surface area contributed by atoms with Crippen molar-refractivity contribution >= 4 is 17.8 Å². The maximum atomic E-state index is 12.2. The molecule has 0 N–H and O–H groups in total. The van der Waals surface area contributed by atoms with E-state index in [9.17, 15) is 9.59 Å². The van der Waals surface area contributed by atoms with Crippen molar-refractivity contribution in [3.63, 3.8) is 0 Å². The van der Waals surface area contributed by atoms with Crippen LogP contribution in [0.15, 0.2) is 6.07 Å². The second-order valence-corrected chi connectivity index (χ2v) is 5.67. The first kappa shape index (κ1) is 15.7. The molecule has 0 aliphatic carbocycles. The maximum Gasteiger partial charge on any atom is 0.415 e. The van der Waals surface area contributed by atoms with E-state index in [0.29, 0.717) is 31.3 Å². The highest BCUT2D eigenvalue weighted by Crippen LogP contribution is 2.31. The molecule has 0 unspecified atom stereocenters. The molecule has 2 aliphatic heterocycles. The monoisotopic (exact) mass is 320 g/mol. The first-order valence-corrected chi connectivity index (χ1v) is 7.68. The summed E-state index contributed by atoms with van der Waals surface area (Å²) in [5.74, 6) is 1.03. The lowest BCUT2D eigenvalue weighted by atomic mass is 10.2. The molecule has 0 aromatic carbocycles. The van der Waals surface area contributed by atoms with Gasteiger partial charge < -0.3 is 14.4 Å². The topological polar surface area (TPSA) is 84.9 Å². The molecular weight excluding hydrogens is 300 g/mol. The van der Waals surface area contributed by atoms with E-state index in [0.717, 1.165) is 18.5 Å². The number of carbonyl (C=O) groups is 2. The van der Waals surface area contributed by atoms with Crippen molar-refractivity contribution in [3.8, 4) is 0 Å². The molecule has 2 saturated heterocycles. The van der Waals surface area contributed by atoms with Crippen LogP contribution in [0.3, 0.4) is 0 Å². The fourth-order valence-electron chi connectivity index (χ4n) is 3.00. The predicted octanol–water partition coefficient (Wildman–Crippen LogP) is 1.05. The molecule has 1 aromatic rings. The molecule has 2 fully saturated rings. The van der Waals surface area contributed by atoms with Gasteiger partial charge in [0.1, 0.15) is 19.0 Å². The number of nitrogens with zero attached hydrogens (tertiary/aromatic N) is 4. The number of hydrogen-bond acceptors (Lipinski definition) is 6. The Labute approximate surface area is 134 Å². The van der Waals surface area contributed by atoms with Gasteiger partial charge in [-0.25, -0.2) is 14.8 Å². The molecule has 8 nitrogen and oxygen atoms in total. The summed E-state index contributed by atoms with van der Waals surface area (Å²) in [5, 5.41) is 0. The van der Waals surface area contributed by atoms with Crippen molar-refractivity contribution in [1.82, 2.24) is 14.9 Å². The average Bonchev–Trinajstić information content (AvgIpc) is 3.15. The standard InChI is InChI=1S/C15H20N4O4/c1-10-8-12(19-6-7-23-15(19)21)17-14(16-10)11-4-3-5-18(11)13(20)9-22-2/h8,11H,3-7,9H2,1-2H3/t11-/m1/s1. The summed E-state index contributed by atoms with van der Waals surface area (Å²) in [5.41, 5.74) is 0.760. The minimum Gasteiger partial charge on any atom is -0.447 e. The van der Waals surface area contributed by atoms with E-state index in [1.54, 1.807) is 11.0 Å². The summed E-state index contributed by atoms with van der Waals surface area (Å²) in [4.78, 5) is 36.2. The van der Waals surface area contributed by atoms with Crippen LogP contribution in [0.25, 0.3) is 0 Å². The van der Waals surface area contributed by atoms with Crippen molar-refractivity contribution in [3.05, 3.63) is 17.6 Å². The number of aromatic nitrogens is 2. The largest absolute Gasteiger partial charge is 0.447 e. The van der Waals surface area contributed by atoms with Crippen LogP contribution in [0.1, 0.15) is 30.4 Å². The number of cyclic esters (lactones) is 1. The van der Waals surface area contributed by atoms with Gasteiger partial charge in [-0.2, -0.15) is 0 Å². The van der Waals surface area contributed by atoms with E-state index >= 15 is 0 Å². The number of aryl methyl sites for hydroxylation is 1. The van der Waals surface area contributed by atoms with E-state index in [4.69, 9.17) is 9.47 Å². The molecule has 0 saturated carbocycles. The third-order valence-corrected chi connectivity index (χ3v) is 4.03. The van der Waals surface area contributed by atoms with E-state index in [1.807, 2.05) is 6.92 Å². The fraction of sp³-hybridized carbons (Fsp3) is 0.600. The smallest absolute Gasteiger partial charge is 0.415 e. The maximum absolute atomic E-state index is 12.2. The van der Waals surface area contributed by atoms with Crippen LogP contribution in [0.5, 0.6) is 0 Å². The Morgan fingerprint density at radius 3 is 2.96 bits per heavy atom. The quantitative estimate of drug-likeness (QED) is 0.824. The number of hydrogen-bond donors (Lipinski definition) is 0. The van der Waals surface area contributed by atoms with Crippen LogP contribution < -0.4 is 4.90 Å². The van der Waals surface area contributed by atoms with Gasteiger partial charge >= 0.3 is 6.09 Å². The second kappa shape index (κ2) is 6.49. The number of anilines is 1. The molecule has 3 rings (SSSR count). The molecule has 124 valence electrons. The summed E-state index contributed by atoms with van der Waals surface area (Å²) >= 11 is 0. The van der Waals surface area contributed by atoms with Gasteiger partial charge in [0.2, 0.25) is 5.91 Å². The first-order valence-electron chi connectivity index (χ1n) is 7.68. The van der Waals surface area contributed by atoms with Gasteiger partial charge in [-0.1, -0.05) is 0 Å². The van der Waals surface area contributed by atoms with Crippen LogP contribution in [0, 0.1) is 6.92 Å². The molecule has 2 amide bonds. The molecule has 0 spiro atoms. The SMILES string of the molecule is COCC(=O)N1CCC[C@@H]1c1nc(C)cc(N2CCOC2=O)n1. The highest BCUT2D eigenvalue weighted by Gasteiger charge is 2.33. The number of ether oxygens (including phenoxy) is 2. The zero-order valence-corrected chi connectivity index (χ0v) is 13.3. The molecule has 0 bridgehead atoms. The minimum atomic E-state index is -0.396. The van der Waals surface area contributed by atoms with Gasteiger partial charge in [-0.15, -0.1) is 0 Å². The second-order valence-electron chi connectivity index (χ2n) is 5.67. The van der Waals surface area contributed by atoms with Gasteiger partial charge in [-0.05, 0) is 19.8 Å². The molecular formula is C15H20N4O4. The Bertz CT molecular complexity index is 621. The fourth-order valence-corrected chi connectivity index (χ4v) is 3.00. The lowest BCUT2D eigenvalue weighted by Crippen LogP contribution is -2.34. The van der Waals surface area contributed by atoms with Gasteiger partial charge in [0, 0.05) is 25.4 Å². The van der Waals surface area contributed by atoms with E-state index in [1.165, 1.54) is 12.0 Å². The van der Waals surface area contributed by atoms with Crippen LogP contribution in [0.2, 0.25) is 0 Å². The number of rotatable bonds is 4. The van der Waals surface area contributed by atoms with Gasteiger partial charge in [0.25, 0.3) is 0 Å². The number of methoxy groups -OCH3 is 1. The van der Waals surface area contributed by atoms with Gasteiger partial charge in [0.05, 0.1) is 12.6 Å². The number of carbonyl (C=O) groups excluding carboxylic acids is 2. The van der Waals surface area contributed by atoms with Crippen molar-refractivity contribution in [2.75, 3.05) is 38.3 Å². The molecule has 1 atom stereocenters. The lowest BCUT2D eigenvalue weighted by Gasteiger charge is -2.24. The van der Waals surface area contributed by atoms with Crippen molar-refractivity contribution < 1.29 is 19.1 Å². The van der Waals surface area contributed by atoms with Crippen LogP contribution in [-0.4, -0.2) is 60.3 Å². The summed E-state index contributed by atoms with van der Waals surface area (Å²) in [6.07, 6.45) is 1.31. The zero-order valence-electron chi connectivity index (χ0n) is 13.3. The first-order chi connectivity index (χ1) is 11.1. The van der Waals surface area contributed by atoms with Gasteiger partial charge in [-0.3, -0.25) is 9.69 Å². The normalized spacial score (nSPS) is 21.0. The van der Waals surface area contributed by atoms with Crippen molar-refractivity contribution in [2.24, 2.45) is 0 Å². The third kappa shape index (κ3) is 3.12. The van der Waals surface area contributed by atoms with E-state index in [2.05, 4.69) is 9.97 Å². The third-order valence-electron chi connectivity index (χ3n) is 4.03. The summed E-state index contributed by atoms with van der Waals surface area (Å²) in [6, 6.07) is 1.58. The molecule has 1 aromatic heterocycles. The van der Waals surface area contributed by atoms with Crippen LogP contribution in [-0.2, 0) is 14.3 Å². The molecule has 8 heteroatoms.